The standard InChI is InChI=1S/C53H70N2O14/c1-54(23-20-36-31-46(64-9)52(66-11)53(67-12)49(36)39(54)27-34-28-44(62-7)51(65-10)45(29-34)63-8)21-13-25-68-47(56)17-18-48(57)69-26-14-22-55(2)24-19-35-30-42(60-5)43(61-6)33-38(35)50(55)37-15-16-40(58-3)41(32-37)59-4/h15-18,28-33,39,50H,13-14,19-27H2,1-12H3/q+2/b18-17-. The second-order valence-electron chi connectivity index (χ2n) is 17.6. The summed E-state index contributed by atoms with van der Waals surface area (Å²) in [5, 5.41) is 0. The van der Waals surface area contributed by atoms with Crippen LogP contribution in [0.5, 0.6) is 57.5 Å². The number of benzene rings is 4. The molecule has 4 aromatic carbocycles. The number of carbonyl (C=O) groups is 2. The molecule has 16 nitrogen and oxygen atoms in total. The Labute approximate surface area is 406 Å². The summed E-state index contributed by atoms with van der Waals surface area (Å²) in [5.41, 5.74) is 6.46. The zero-order valence-electron chi connectivity index (χ0n) is 42.3. The Morgan fingerprint density at radius 3 is 1.55 bits per heavy atom. The third kappa shape index (κ3) is 11.2. The van der Waals surface area contributed by atoms with Crippen LogP contribution in [0.25, 0.3) is 0 Å². The van der Waals surface area contributed by atoms with Gasteiger partial charge in [-0.2, -0.15) is 0 Å². The fourth-order valence-corrected chi connectivity index (χ4v) is 10.2. The maximum Gasteiger partial charge on any atom is 0.331 e. The number of fused-ring (bicyclic) bond motifs is 2. The van der Waals surface area contributed by atoms with E-state index >= 15 is 0 Å². The second-order valence-corrected chi connectivity index (χ2v) is 17.6. The SMILES string of the molecule is COc1ccc(C2c3cc(OC)c(OC)cc3CC[N+]2(C)CCCOC(=O)/C=C\C(=O)OCCC[N+]2(C)CCc3cc(OC)c(OC)c(OC)c3C2Cc2cc(OC)c(OC)c(OC)c2)cc1OC. The summed E-state index contributed by atoms with van der Waals surface area (Å²) in [6.07, 6.45) is 5.56. The van der Waals surface area contributed by atoms with Crippen LogP contribution in [0.2, 0.25) is 0 Å². The maximum atomic E-state index is 12.9. The molecule has 69 heavy (non-hydrogen) atoms. The number of carbonyl (C=O) groups excluding carboxylic acids is 2. The molecule has 2 heterocycles. The maximum absolute atomic E-state index is 12.9. The van der Waals surface area contributed by atoms with Crippen LogP contribution >= 0.6 is 0 Å². The van der Waals surface area contributed by atoms with E-state index in [9.17, 15) is 9.59 Å². The normalized spacial score (nSPS) is 19.4. The molecule has 16 heteroatoms. The zero-order valence-corrected chi connectivity index (χ0v) is 42.3. The Balaban J connectivity index is 1.09. The van der Waals surface area contributed by atoms with E-state index in [0.717, 1.165) is 65.9 Å². The van der Waals surface area contributed by atoms with Crippen LogP contribution in [0.3, 0.4) is 0 Å². The van der Waals surface area contributed by atoms with Crippen molar-refractivity contribution >= 4 is 11.9 Å². The van der Waals surface area contributed by atoms with Crippen molar-refractivity contribution in [1.29, 1.82) is 0 Å². The minimum atomic E-state index is -0.624. The van der Waals surface area contributed by atoms with E-state index in [1.165, 1.54) is 5.56 Å². The third-order valence-electron chi connectivity index (χ3n) is 13.7. The van der Waals surface area contributed by atoms with Crippen molar-refractivity contribution in [3.63, 3.8) is 0 Å². The summed E-state index contributed by atoms with van der Waals surface area (Å²) in [6, 6.07) is 15.9. The van der Waals surface area contributed by atoms with Gasteiger partial charge in [0.15, 0.2) is 46.0 Å². The Bertz CT molecular complexity index is 2450. The summed E-state index contributed by atoms with van der Waals surface area (Å²) >= 11 is 0. The number of esters is 2. The van der Waals surface area contributed by atoms with Crippen molar-refractivity contribution < 1.29 is 75.4 Å². The first-order valence-corrected chi connectivity index (χ1v) is 23.1. The summed E-state index contributed by atoms with van der Waals surface area (Å²) < 4.78 is 69.8. The average Bonchev–Trinajstić information content (AvgIpc) is 3.37. The predicted molar refractivity (Wildman–Crippen MR) is 259 cm³/mol. The predicted octanol–water partition coefficient (Wildman–Crippen LogP) is 7.27. The van der Waals surface area contributed by atoms with Gasteiger partial charge < -0.3 is 65.8 Å². The van der Waals surface area contributed by atoms with Crippen LogP contribution in [0, 0.1) is 0 Å². The molecule has 0 saturated heterocycles. The molecule has 0 bridgehead atoms. The van der Waals surface area contributed by atoms with E-state index in [1.807, 2.05) is 30.3 Å². The molecule has 4 atom stereocenters. The van der Waals surface area contributed by atoms with Gasteiger partial charge in [0.2, 0.25) is 11.5 Å². The second kappa shape index (κ2) is 23.2. The van der Waals surface area contributed by atoms with Gasteiger partial charge in [-0.15, -0.1) is 0 Å². The molecule has 0 radical (unpaired) electrons. The summed E-state index contributed by atoms with van der Waals surface area (Å²) in [5.74, 6) is 4.75. The molecular weight excluding hydrogens is 889 g/mol. The molecule has 0 aromatic heterocycles. The van der Waals surface area contributed by atoms with Gasteiger partial charge in [0.25, 0.3) is 0 Å². The highest BCUT2D eigenvalue weighted by molar-refractivity contribution is 5.91. The van der Waals surface area contributed by atoms with Crippen LogP contribution in [0.1, 0.15) is 58.3 Å². The third-order valence-corrected chi connectivity index (χ3v) is 13.7. The lowest BCUT2D eigenvalue weighted by molar-refractivity contribution is -0.941. The van der Waals surface area contributed by atoms with Gasteiger partial charge in [-0.3, -0.25) is 0 Å². The van der Waals surface area contributed by atoms with Crippen LogP contribution in [-0.2, 0) is 38.3 Å². The molecule has 0 aliphatic carbocycles. The van der Waals surface area contributed by atoms with Gasteiger partial charge in [-0.25, -0.2) is 9.59 Å². The molecule has 0 N–H and O–H groups in total. The minimum absolute atomic E-state index is 0.0860. The lowest BCUT2D eigenvalue weighted by Gasteiger charge is -2.46. The smallest absolute Gasteiger partial charge is 0.331 e. The first kappa shape index (κ1) is 51.9. The van der Waals surface area contributed by atoms with Crippen LogP contribution in [0.15, 0.2) is 60.7 Å². The molecule has 0 amide bonds. The van der Waals surface area contributed by atoms with Gasteiger partial charge in [0, 0.05) is 55.4 Å². The summed E-state index contributed by atoms with van der Waals surface area (Å²) in [4.78, 5) is 25.8. The Morgan fingerprint density at radius 2 is 1.00 bits per heavy atom. The number of hydrogen-bond acceptors (Lipinski definition) is 14. The van der Waals surface area contributed by atoms with E-state index in [2.05, 4.69) is 32.3 Å². The monoisotopic (exact) mass is 958 g/mol. The van der Waals surface area contributed by atoms with Gasteiger partial charge in [0.1, 0.15) is 12.1 Å². The zero-order chi connectivity index (χ0) is 49.9. The fourth-order valence-electron chi connectivity index (χ4n) is 10.2. The molecule has 0 spiro atoms. The summed E-state index contributed by atoms with van der Waals surface area (Å²) in [7, 11) is 20.6. The quantitative estimate of drug-likeness (QED) is 0.0318. The molecule has 4 aromatic rings. The van der Waals surface area contributed by atoms with E-state index < -0.39 is 11.9 Å². The Kier molecular flexibility index (Phi) is 17.4. The van der Waals surface area contributed by atoms with Gasteiger partial charge in [-0.05, 0) is 65.2 Å². The van der Waals surface area contributed by atoms with Gasteiger partial charge in [-0.1, -0.05) is 0 Å². The van der Waals surface area contributed by atoms with Crippen LogP contribution in [0.4, 0.5) is 0 Å². The number of ether oxygens (including phenoxy) is 12. The largest absolute Gasteiger partial charge is 0.493 e. The van der Waals surface area contributed by atoms with Crippen molar-refractivity contribution in [2.24, 2.45) is 0 Å². The van der Waals surface area contributed by atoms with E-state index in [0.29, 0.717) is 98.8 Å². The lowest BCUT2D eigenvalue weighted by Crippen LogP contribution is -2.52. The summed E-state index contributed by atoms with van der Waals surface area (Å²) in [6.45, 7) is 3.32. The molecule has 0 fully saturated rings. The first-order chi connectivity index (χ1) is 33.3. The fraction of sp³-hybridized carbons (Fsp3) is 0.472. The first-order valence-electron chi connectivity index (χ1n) is 23.1. The number of methoxy groups -OCH3 is 10. The average molecular weight is 959 g/mol. The number of likely N-dealkylation sites (N-methyl/N-ethyl adjacent to an activating group) is 2. The number of quaternary nitrogens is 2. The highest BCUT2D eigenvalue weighted by Gasteiger charge is 2.44. The van der Waals surface area contributed by atoms with Crippen LogP contribution < -0.4 is 47.4 Å². The van der Waals surface area contributed by atoms with Crippen molar-refractivity contribution in [3.8, 4) is 57.5 Å². The molecule has 2 aliphatic heterocycles. The van der Waals surface area contributed by atoms with Gasteiger partial charge >= 0.3 is 11.9 Å². The van der Waals surface area contributed by atoms with Crippen molar-refractivity contribution in [2.45, 2.75) is 44.2 Å². The highest BCUT2D eigenvalue weighted by atomic mass is 16.6. The minimum Gasteiger partial charge on any atom is -0.493 e. The molecule has 0 saturated carbocycles. The molecule has 374 valence electrons. The van der Waals surface area contributed by atoms with Crippen molar-refractivity contribution in [2.75, 3.05) is 125 Å². The number of nitrogens with zero attached hydrogens (tertiary/aromatic N) is 2. The Morgan fingerprint density at radius 1 is 0.522 bits per heavy atom. The molecular formula is C53H70N2O14+2. The number of hydrogen-bond donors (Lipinski definition) is 0. The van der Waals surface area contributed by atoms with E-state index in [1.54, 1.807) is 71.1 Å². The molecule has 2 aliphatic rings. The van der Waals surface area contributed by atoms with E-state index in [4.69, 9.17) is 56.8 Å². The molecule has 6 rings (SSSR count). The van der Waals surface area contributed by atoms with Crippen molar-refractivity contribution in [3.05, 3.63) is 94.1 Å². The Hall–Kier alpha value is -6.52. The highest BCUT2D eigenvalue weighted by Crippen LogP contribution is 2.51. The number of rotatable bonds is 23. The van der Waals surface area contributed by atoms with E-state index in [-0.39, 0.29) is 25.3 Å². The van der Waals surface area contributed by atoms with Gasteiger partial charge in [0.05, 0.1) is 130 Å². The topological polar surface area (TPSA) is 145 Å². The van der Waals surface area contributed by atoms with Crippen LogP contribution in [-0.4, -0.2) is 145 Å². The van der Waals surface area contributed by atoms with Crippen molar-refractivity contribution in [1.82, 2.24) is 0 Å². The molecule has 4 unspecified atom stereocenters. The lowest BCUT2D eigenvalue weighted by atomic mass is 9.85.